The highest BCUT2D eigenvalue weighted by Crippen LogP contribution is 2.26. The minimum atomic E-state index is 0.0510. The SMILES string of the molecule is CCC(=O)n1cc2c(c1)OOC(C)C2. The van der Waals surface area contributed by atoms with Gasteiger partial charge < -0.3 is 4.89 Å². The number of nitrogens with zero attached hydrogens (tertiary/aromatic N) is 1. The monoisotopic (exact) mass is 195 g/mol. The Morgan fingerprint density at radius 1 is 1.64 bits per heavy atom. The molecule has 0 bridgehead atoms. The first-order chi connectivity index (χ1) is 6.70. The van der Waals surface area contributed by atoms with Crippen molar-refractivity contribution in [3.63, 3.8) is 0 Å². The Morgan fingerprint density at radius 2 is 2.43 bits per heavy atom. The minimum Gasteiger partial charge on any atom is -0.335 e. The molecule has 14 heavy (non-hydrogen) atoms. The van der Waals surface area contributed by atoms with Gasteiger partial charge in [-0.2, -0.15) is 4.89 Å². The Bertz CT molecular complexity index is 356. The molecule has 4 heteroatoms. The summed E-state index contributed by atoms with van der Waals surface area (Å²) in [7, 11) is 0. The van der Waals surface area contributed by atoms with Crippen LogP contribution in [0.15, 0.2) is 12.4 Å². The highest BCUT2D eigenvalue weighted by Gasteiger charge is 2.20. The van der Waals surface area contributed by atoms with Crippen molar-refractivity contribution in [2.24, 2.45) is 0 Å². The summed E-state index contributed by atoms with van der Waals surface area (Å²) >= 11 is 0. The van der Waals surface area contributed by atoms with Gasteiger partial charge in [0.25, 0.3) is 0 Å². The first-order valence-electron chi connectivity index (χ1n) is 4.78. The van der Waals surface area contributed by atoms with Gasteiger partial charge in [0.05, 0.1) is 6.20 Å². The highest BCUT2D eigenvalue weighted by atomic mass is 17.2. The minimum absolute atomic E-state index is 0.0510. The fraction of sp³-hybridized carbons (Fsp3) is 0.500. The summed E-state index contributed by atoms with van der Waals surface area (Å²) in [5.41, 5.74) is 1.03. The molecule has 0 aromatic carbocycles. The van der Waals surface area contributed by atoms with Gasteiger partial charge in [0.1, 0.15) is 6.10 Å². The average molecular weight is 195 g/mol. The molecule has 0 N–H and O–H groups in total. The average Bonchev–Trinajstić information content (AvgIpc) is 2.59. The lowest BCUT2D eigenvalue weighted by atomic mass is 10.1. The standard InChI is InChI=1S/C10H13NO3/c1-3-10(12)11-5-8-4-7(2)13-14-9(8)6-11/h5-7H,3-4H2,1-2H3. The summed E-state index contributed by atoms with van der Waals surface area (Å²) in [6, 6.07) is 0. The number of rotatable bonds is 1. The second-order valence-electron chi connectivity index (χ2n) is 3.50. The van der Waals surface area contributed by atoms with Gasteiger partial charge in [-0.3, -0.25) is 9.36 Å². The van der Waals surface area contributed by atoms with Crippen LogP contribution < -0.4 is 4.89 Å². The smallest absolute Gasteiger partial charge is 0.230 e. The number of fused-ring (bicyclic) bond motifs is 1. The molecule has 0 radical (unpaired) electrons. The van der Waals surface area contributed by atoms with E-state index in [0.29, 0.717) is 12.2 Å². The third-order valence-corrected chi connectivity index (χ3v) is 2.27. The second-order valence-corrected chi connectivity index (χ2v) is 3.50. The van der Waals surface area contributed by atoms with E-state index in [-0.39, 0.29) is 12.0 Å². The maximum Gasteiger partial charge on any atom is 0.230 e. The molecular formula is C10H13NO3. The van der Waals surface area contributed by atoms with Gasteiger partial charge in [-0.15, -0.1) is 0 Å². The molecule has 1 unspecified atom stereocenters. The highest BCUT2D eigenvalue weighted by molar-refractivity contribution is 5.79. The van der Waals surface area contributed by atoms with E-state index in [1.807, 2.05) is 20.0 Å². The molecule has 0 spiro atoms. The predicted octanol–water partition coefficient (Wildman–Crippen LogP) is 1.79. The van der Waals surface area contributed by atoms with Crippen LogP contribution in [0.1, 0.15) is 30.6 Å². The lowest BCUT2D eigenvalue weighted by molar-refractivity contribution is -0.248. The normalized spacial score (nSPS) is 20.0. The van der Waals surface area contributed by atoms with E-state index >= 15 is 0 Å². The van der Waals surface area contributed by atoms with Crippen LogP contribution in [0.3, 0.4) is 0 Å². The quantitative estimate of drug-likeness (QED) is 0.641. The van der Waals surface area contributed by atoms with Crippen LogP contribution in [0.4, 0.5) is 0 Å². The fourth-order valence-corrected chi connectivity index (χ4v) is 1.51. The Morgan fingerprint density at radius 3 is 3.14 bits per heavy atom. The Hall–Kier alpha value is -1.29. The lowest BCUT2D eigenvalue weighted by Crippen LogP contribution is -2.18. The number of carbonyl (C=O) groups excluding carboxylic acids is 1. The molecule has 2 heterocycles. The van der Waals surface area contributed by atoms with Gasteiger partial charge in [0.2, 0.25) is 5.91 Å². The zero-order chi connectivity index (χ0) is 10.1. The molecule has 1 aliphatic heterocycles. The van der Waals surface area contributed by atoms with Gasteiger partial charge in [-0.25, -0.2) is 0 Å². The van der Waals surface area contributed by atoms with E-state index in [4.69, 9.17) is 9.78 Å². The molecule has 76 valence electrons. The van der Waals surface area contributed by atoms with E-state index in [0.717, 1.165) is 12.0 Å². The van der Waals surface area contributed by atoms with Crippen LogP contribution in [0, 0.1) is 0 Å². The molecule has 0 amide bonds. The van der Waals surface area contributed by atoms with Gasteiger partial charge in [-0.05, 0) is 6.92 Å². The molecule has 0 saturated heterocycles. The zero-order valence-corrected chi connectivity index (χ0v) is 8.32. The summed E-state index contributed by atoms with van der Waals surface area (Å²) in [6.45, 7) is 3.77. The van der Waals surface area contributed by atoms with Crippen LogP contribution in [-0.2, 0) is 11.3 Å². The second kappa shape index (κ2) is 3.46. The summed E-state index contributed by atoms with van der Waals surface area (Å²) in [5, 5.41) is 0. The molecule has 0 saturated carbocycles. The third-order valence-electron chi connectivity index (χ3n) is 2.27. The van der Waals surface area contributed by atoms with E-state index in [2.05, 4.69) is 0 Å². The van der Waals surface area contributed by atoms with Crippen molar-refractivity contribution in [3.8, 4) is 5.75 Å². The molecule has 2 rings (SSSR count). The van der Waals surface area contributed by atoms with Crippen molar-refractivity contribution in [2.75, 3.05) is 0 Å². The lowest BCUT2D eigenvalue weighted by Gasteiger charge is -2.17. The van der Waals surface area contributed by atoms with Crippen molar-refractivity contribution < 1.29 is 14.6 Å². The van der Waals surface area contributed by atoms with Crippen molar-refractivity contribution in [3.05, 3.63) is 18.0 Å². The van der Waals surface area contributed by atoms with Gasteiger partial charge in [0.15, 0.2) is 5.75 Å². The first-order valence-corrected chi connectivity index (χ1v) is 4.78. The van der Waals surface area contributed by atoms with Crippen molar-refractivity contribution in [2.45, 2.75) is 32.8 Å². The Balaban J connectivity index is 2.27. The number of aromatic nitrogens is 1. The molecule has 1 aromatic rings. The van der Waals surface area contributed by atoms with Gasteiger partial charge in [-0.1, -0.05) is 6.92 Å². The van der Waals surface area contributed by atoms with E-state index in [1.54, 1.807) is 10.8 Å². The third kappa shape index (κ3) is 1.53. The van der Waals surface area contributed by atoms with Crippen LogP contribution in [-0.4, -0.2) is 16.6 Å². The van der Waals surface area contributed by atoms with Crippen LogP contribution in [0.5, 0.6) is 5.75 Å². The first kappa shape index (κ1) is 9.27. The summed E-state index contributed by atoms with van der Waals surface area (Å²) in [6.07, 6.45) is 4.83. The molecule has 1 aliphatic rings. The van der Waals surface area contributed by atoms with Crippen molar-refractivity contribution >= 4 is 5.91 Å². The number of hydrogen-bond donors (Lipinski definition) is 0. The summed E-state index contributed by atoms with van der Waals surface area (Å²) < 4.78 is 1.56. The Labute approximate surface area is 82.4 Å². The molecule has 4 nitrogen and oxygen atoms in total. The van der Waals surface area contributed by atoms with Gasteiger partial charge >= 0.3 is 0 Å². The Kier molecular flexibility index (Phi) is 2.29. The van der Waals surface area contributed by atoms with Crippen molar-refractivity contribution in [1.29, 1.82) is 0 Å². The van der Waals surface area contributed by atoms with E-state index < -0.39 is 0 Å². The zero-order valence-electron chi connectivity index (χ0n) is 8.32. The number of carbonyl (C=O) groups is 1. The molecule has 1 atom stereocenters. The largest absolute Gasteiger partial charge is 0.335 e. The van der Waals surface area contributed by atoms with Crippen LogP contribution in [0.2, 0.25) is 0 Å². The molecular weight excluding hydrogens is 182 g/mol. The maximum atomic E-state index is 11.4. The fourth-order valence-electron chi connectivity index (χ4n) is 1.51. The van der Waals surface area contributed by atoms with Crippen LogP contribution >= 0.6 is 0 Å². The summed E-state index contributed by atoms with van der Waals surface area (Å²) in [5.74, 6) is 0.723. The predicted molar refractivity (Wildman–Crippen MR) is 50.2 cm³/mol. The van der Waals surface area contributed by atoms with Gasteiger partial charge in [0, 0.05) is 24.6 Å². The maximum absolute atomic E-state index is 11.4. The topological polar surface area (TPSA) is 40.5 Å². The van der Waals surface area contributed by atoms with Crippen molar-refractivity contribution in [1.82, 2.24) is 4.57 Å². The van der Waals surface area contributed by atoms with E-state index in [1.165, 1.54) is 0 Å². The molecule has 0 fully saturated rings. The van der Waals surface area contributed by atoms with Crippen LogP contribution in [0.25, 0.3) is 0 Å². The number of hydrogen-bond acceptors (Lipinski definition) is 3. The van der Waals surface area contributed by atoms with E-state index in [9.17, 15) is 4.79 Å². The molecule has 0 aliphatic carbocycles. The molecule has 1 aromatic heterocycles. The summed E-state index contributed by atoms with van der Waals surface area (Å²) in [4.78, 5) is 21.4.